The summed E-state index contributed by atoms with van der Waals surface area (Å²) < 4.78 is 18.9. The summed E-state index contributed by atoms with van der Waals surface area (Å²) in [6.45, 7) is 0.638. The fraction of sp³-hybridized carbons (Fsp3) is 0.150. The summed E-state index contributed by atoms with van der Waals surface area (Å²) in [5.74, 6) is -1.14. The third kappa shape index (κ3) is 3.78. The van der Waals surface area contributed by atoms with Crippen molar-refractivity contribution in [3.63, 3.8) is 0 Å². The Balaban J connectivity index is 1.80. The van der Waals surface area contributed by atoms with Crippen LogP contribution in [0.3, 0.4) is 0 Å². The van der Waals surface area contributed by atoms with Gasteiger partial charge in [0.2, 0.25) is 5.90 Å². The van der Waals surface area contributed by atoms with Crippen molar-refractivity contribution < 1.29 is 13.9 Å². The van der Waals surface area contributed by atoms with Gasteiger partial charge in [0, 0.05) is 19.3 Å². The van der Waals surface area contributed by atoms with Crippen LogP contribution < -0.4 is 4.90 Å². The predicted molar refractivity (Wildman–Crippen MR) is 96.9 cm³/mol. The van der Waals surface area contributed by atoms with Crippen LogP contribution in [-0.2, 0) is 9.53 Å². The van der Waals surface area contributed by atoms with E-state index in [-0.39, 0.29) is 17.2 Å². The van der Waals surface area contributed by atoms with Gasteiger partial charge in [-0.15, -0.1) is 0 Å². The van der Waals surface area contributed by atoms with E-state index in [0.717, 1.165) is 11.3 Å². The Bertz CT molecular complexity index is 927. The van der Waals surface area contributed by atoms with E-state index in [9.17, 15) is 9.18 Å². The molecule has 0 aliphatic carbocycles. The van der Waals surface area contributed by atoms with Gasteiger partial charge >= 0.3 is 5.97 Å². The molecule has 0 spiro atoms. The number of halogens is 1. The van der Waals surface area contributed by atoms with Crippen molar-refractivity contribution in [2.24, 2.45) is 4.99 Å². The average Bonchev–Trinajstić information content (AvgIpc) is 3.01. The van der Waals surface area contributed by atoms with Crippen LogP contribution in [0.2, 0.25) is 0 Å². The number of cyclic esters (lactones) is 1. The van der Waals surface area contributed by atoms with Crippen LogP contribution in [0.1, 0.15) is 17.5 Å². The van der Waals surface area contributed by atoms with Crippen molar-refractivity contribution >= 4 is 23.6 Å². The maximum absolute atomic E-state index is 13.8. The van der Waals surface area contributed by atoms with Crippen molar-refractivity contribution in [2.75, 3.05) is 18.5 Å². The Morgan fingerprint density at radius 3 is 2.65 bits per heavy atom. The van der Waals surface area contributed by atoms with Crippen LogP contribution in [0.4, 0.5) is 10.1 Å². The molecule has 130 valence electrons. The number of ether oxygens (including phenoxy) is 1. The third-order valence-corrected chi connectivity index (χ3v) is 3.92. The Morgan fingerprint density at radius 1 is 1.23 bits per heavy atom. The van der Waals surface area contributed by atoms with E-state index in [1.54, 1.807) is 18.2 Å². The first-order valence-corrected chi connectivity index (χ1v) is 8.04. The van der Waals surface area contributed by atoms with E-state index in [1.165, 1.54) is 12.1 Å². The zero-order valence-corrected chi connectivity index (χ0v) is 14.1. The van der Waals surface area contributed by atoms with Gasteiger partial charge in [0.15, 0.2) is 5.70 Å². The van der Waals surface area contributed by atoms with Crippen molar-refractivity contribution in [2.45, 2.75) is 6.42 Å². The molecule has 0 saturated heterocycles. The van der Waals surface area contributed by atoms with Crippen LogP contribution in [0.5, 0.6) is 0 Å². The van der Waals surface area contributed by atoms with Crippen LogP contribution in [-0.4, -0.2) is 25.5 Å². The number of nitriles is 1. The quantitative estimate of drug-likeness (QED) is 0.612. The number of aliphatic imine (C=N–C) groups is 1. The second-order valence-electron chi connectivity index (χ2n) is 5.74. The zero-order chi connectivity index (χ0) is 18.5. The number of rotatable bonds is 5. The molecule has 3 rings (SSSR count). The smallest absolute Gasteiger partial charge is 0.363 e. The van der Waals surface area contributed by atoms with E-state index in [0.29, 0.717) is 13.0 Å². The molecule has 1 heterocycles. The standard InChI is InChI=1S/C20H16FN3O2/c1-24(12-4-11-22)15-9-7-14(8-10-15)13-18-20(25)26-19(23-18)16-5-2-3-6-17(16)21/h2-3,5-10,13H,4,12H2,1H3/b18-13-. The van der Waals surface area contributed by atoms with E-state index in [2.05, 4.69) is 11.1 Å². The average molecular weight is 349 g/mol. The van der Waals surface area contributed by atoms with Crippen molar-refractivity contribution in [3.05, 3.63) is 71.2 Å². The number of hydrogen-bond donors (Lipinski definition) is 0. The molecule has 2 aromatic rings. The molecule has 0 unspecified atom stereocenters. The Morgan fingerprint density at radius 2 is 1.96 bits per heavy atom. The molecule has 0 atom stereocenters. The lowest BCUT2D eigenvalue weighted by Crippen LogP contribution is -2.17. The normalized spacial score (nSPS) is 14.7. The minimum atomic E-state index is -0.613. The molecule has 1 aliphatic heterocycles. The van der Waals surface area contributed by atoms with Crippen LogP contribution >= 0.6 is 0 Å². The predicted octanol–water partition coefficient (Wildman–Crippen LogP) is 3.52. The highest BCUT2D eigenvalue weighted by Gasteiger charge is 2.25. The highest BCUT2D eigenvalue weighted by molar-refractivity contribution is 6.12. The first kappa shape index (κ1) is 17.4. The molecule has 0 bridgehead atoms. The lowest BCUT2D eigenvalue weighted by atomic mass is 10.1. The number of carbonyl (C=O) groups is 1. The van der Waals surface area contributed by atoms with Gasteiger partial charge in [0.1, 0.15) is 5.82 Å². The maximum atomic E-state index is 13.8. The van der Waals surface area contributed by atoms with Gasteiger partial charge in [0.25, 0.3) is 0 Å². The van der Waals surface area contributed by atoms with Gasteiger partial charge in [-0.2, -0.15) is 5.26 Å². The lowest BCUT2D eigenvalue weighted by Gasteiger charge is -2.17. The second kappa shape index (κ2) is 7.62. The van der Waals surface area contributed by atoms with E-state index in [1.807, 2.05) is 36.2 Å². The summed E-state index contributed by atoms with van der Waals surface area (Å²) in [7, 11) is 1.91. The van der Waals surface area contributed by atoms with Gasteiger partial charge in [0.05, 0.1) is 18.1 Å². The van der Waals surface area contributed by atoms with Gasteiger partial charge in [-0.3, -0.25) is 0 Å². The Hall–Kier alpha value is -3.46. The Labute approximate surface area is 150 Å². The summed E-state index contributed by atoms with van der Waals surface area (Å²) in [5.41, 5.74) is 2.01. The van der Waals surface area contributed by atoms with Crippen LogP contribution in [0.25, 0.3) is 6.08 Å². The van der Waals surface area contributed by atoms with Gasteiger partial charge in [-0.1, -0.05) is 24.3 Å². The van der Waals surface area contributed by atoms with Gasteiger partial charge < -0.3 is 9.64 Å². The molecule has 5 nitrogen and oxygen atoms in total. The Kier molecular flexibility index (Phi) is 5.09. The number of anilines is 1. The summed E-state index contributed by atoms with van der Waals surface area (Å²) in [6, 6.07) is 15.6. The molecule has 0 saturated carbocycles. The largest absolute Gasteiger partial charge is 0.402 e. The van der Waals surface area contributed by atoms with Gasteiger partial charge in [-0.05, 0) is 35.9 Å². The summed E-state index contributed by atoms with van der Waals surface area (Å²) >= 11 is 0. The molecule has 6 heteroatoms. The molecule has 0 aromatic heterocycles. The lowest BCUT2D eigenvalue weighted by molar-refractivity contribution is -0.129. The number of esters is 1. The topological polar surface area (TPSA) is 65.7 Å². The fourth-order valence-corrected chi connectivity index (χ4v) is 2.49. The van der Waals surface area contributed by atoms with E-state index < -0.39 is 11.8 Å². The van der Waals surface area contributed by atoms with E-state index in [4.69, 9.17) is 10.00 Å². The summed E-state index contributed by atoms with van der Waals surface area (Å²) in [5, 5.41) is 8.65. The van der Waals surface area contributed by atoms with Crippen LogP contribution in [0.15, 0.2) is 59.2 Å². The molecule has 2 aromatic carbocycles. The van der Waals surface area contributed by atoms with E-state index >= 15 is 0 Å². The molecule has 0 amide bonds. The molecule has 0 N–H and O–H groups in total. The number of carbonyl (C=O) groups excluding carboxylic acids is 1. The minimum Gasteiger partial charge on any atom is -0.402 e. The molecule has 26 heavy (non-hydrogen) atoms. The molecule has 0 fully saturated rings. The highest BCUT2D eigenvalue weighted by atomic mass is 19.1. The number of hydrogen-bond acceptors (Lipinski definition) is 5. The number of nitrogens with zero attached hydrogens (tertiary/aromatic N) is 3. The highest BCUT2D eigenvalue weighted by Crippen LogP contribution is 2.22. The summed E-state index contributed by atoms with van der Waals surface area (Å²) in [4.78, 5) is 18.1. The second-order valence-corrected chi connectivity index (χ2v) is 5.74. The van der Waals surface area contributed by atoms with Gasteiger partial charge in [-0.25, -0.2) is 14.2 Å². The number of benzene rings is 2. The van der Waals surface area contributed by atoms with Crippen molar-refractivity contribution in [1.82, 2.24) is 0 Å². The SMILES string of the molecule is CN(CCC#N)c1ccc(/C=C2\N=C(c3ccccc3F)OC2=O)cc1. The van der Waals surface area contributed by atoms with Crippen molar-refractivity contribution in [1.29, 1.82) is 5.26 Å². The van der Waals surface area contributed by atoms with Crippen LogP contribution in [0, 0.1) is 17.1 Å². The fourth-order valence-electron chi connectivity index (χ4n) is 2.49. The summed E-state index contributed by atoms with van der Waals surface area (Å²) in [6.07, 6.45) is 2.04. The maximum Gasteiger partial charge on any atom is 0.363 e. The monoisotopic (exact) mass is 349 g/mol. The zero-order valence-electron chi connectivity index (χ0n) is 14.1. The first-order valence-electron chi connectivity index (χ1n) is 8.04. The minimum absolute atomic E-state index is 0.0350. The molecule has 0 radical (unpaired) electrons. The molecular weight excluding hydrogens is 333 g/mol. The third-order valence-electron chi connectivity index (χ3n) is 3.92. The molecule has 1 aliphatic rings. The van der Waals surface area contributed by atoms with Crippen molar-refractivity contribution in [3.8, 4) is 6.07 Å². The molecular formula is C20H16FN3O2. The first-order chi connectivity index (χ1) is 12.6.